The second kappa shape index (κ2) is 6.17. The molecule has 0 bridgehead atoms. The first-order valence-electron chi connectivity index (χ1n) is 7.17. The lowest BCUT2D eigenvalue weighted by Crippen LogP contribution is -2.45. The van der Waals surface area contributed by atoms with Gasteiger partial charge in [0.2, 0.25) is 0 Å². The summed E-state index contributed by atoms with van der Waals surface area (Å²) in [7, 11) is 2.14. The lowest BCUT2D eigenvalue weighted by atomic mass is 9.84. The van der Waals surface area contributed by atoms with Crippen molar-refractivity contribution >= 4 is 0 Å². The average molecular weight is 241 g/mol. The van der Waals surface area contributed by atoms with Crippen LogP contribution < -0.4 is 0 Å². The molecule has 1 saturated heterocycles. The molecule has 17 heavy (non-hydrogen) atoms. The van der Waals surface area contributed by atoms with Crippen LogP contribution in [0.15, 0.2) is 0 Å². The zero-order chi connectivity index (χ0) is 12.1. The van der Waals surface area contributed by atoms with Gasteiger partial charge in [-0.3, -0.25) is 0 Å². The third-order valence-electron chi connectivity index (χ3n) is 4.17. The van der Waals surface area contributed by atoms with Crippen LogP contribution in [-0.2, 0) is 4.74 Å². The minimum absolute atomic E-state index is 0.414. The predicted molar refractivity (Wildman–Crippen MR) is 69.1 cm³/mol. The van der Waals surface area contributed by atoms with Crippen LogP contribution in [0.1, 0.15) is 44.9 Å². The molecule has 0 radical (unpaired) electrons. The minimum atomic E-state index is -0.414. The first kappa shape index (κ1) is 13.3. The molecule has 1 N–H and O–H groups in total. The highest BCUT2D eigenvalue weighted by Crippen LogP contribution is 2.29. The van der Waals surface area contributed by atoms with Crippen molar-refractivity contribution < 1.29 is 9.84 Å². The Morgan fingerprint density at radius 1 is 1.24 bits per heavy atom. The van der Waals surface area contributed by atoms with Crippen molar-refractivity contribution in [2.75, 3.05) is 33.4 Å². The highest BCUT2D eigenvalue weighted by atomic mass is 16.5. The van der Waals surface area contributed by atoms with E-state index in [1.807, 2.05) is 0 Å². The number of hydrogen-bond acceptors (Lipinski definition) is 3. The van der Waals surface area contributed by atoms with Gasteiger partial charge in [0.25, 0.3) is 0 Å². The SMILES string of the molecule is CN(CC1CCCOC1)CC1(O)CCCCC1. The van der Waals surface area contributed by atoms with E-state index in [0.29, 0.717) is 5.92 Å². The number of rotatable bonds is 4. The quantitative estimate of drug-likeness (QED) is 0.817. The lowest BCUT2D eigenvalue weighted by Gasteiger charge is -2.37. The molecule has 2 fully saturated rings. The number of aliphatic hydroxyl groups is 1. The summed E-state index contributed by atoms with van der Waals surface area (Å²) in [4.78, 5) is 2.31. The molecule has 3 heteroatoms. The topological polar surface area (TPSA) is 32.7 Å². The minimum Gasteiger partial charge on any atom is -0.389 e. The highest BCUT2D eigenvalue weighted by Gasteiger charge is 2.31. The molecular weight excluding hydrogens is 214 g/mol. The lowest BCUT2D eigenvalue weighted by molar-refractivity contribution is -0.0302. The van der Waals surface area contributed by atoms with Gasteiger partial charge in [0.1, 0.15) is 0 Å². The standard InChI is InChI=1S/C14H27NO2/c1-15(10-13-6-5-9-17-11-13)12-14(16)7-3-2-4-8-14/h13,16H,2-12H2,1H3. The van der Waals surface area contributed by atoms with E-state index in [1.165, 1.54) is 32.1 Å². The molecule has 1 saturated carbocycles. The van der Waals surface area contributed by atoms with Gasteiger partial charge in [-0.2, -0.15) is 0 Å². The van der Waals surface area contributed by atoms with Crippen LogP contribution in [0, 0.1) is 5.92 Å². The van der Waals surface area contributed by atoms with Crippen LogP contribution in [-0.4, -0.2) is 49.0 Å². The highest BCUT2D eigenvalue weighted by molar-refractivity contribution is 4.85. The second-order valence-corrected chi connectivity index (χ2v) is 6.06. The molecule has 3 nitrogen and oxygen atoms in total. The molecule has 1 aliphatic heterocycles. The normalized spacial score (nSPS) is 29.5. The Labute approximate surface area is 105 Å². The summed E-state index contributed by atoms with van der Waals surface area (Å²) in [5.41, 5.74) is -0.414. The Hall–Kier alpha value is -0.120. The largest absolute Gasteiger partial charge is 0.389 e. The monoisotopic (exact) mass is 241 g/mol. The summed E-state index contributed by atoms with van der Waals surface area (Å²) < 4.78 is 5.51. The number of nitrogens with zero attached hydrogens (tertiary/aromatic N) is 1. The molecule has 0 aromatic rings. The molecule has 1 heterocycles. The maximum absolute atomic E-state index is 10.5. The van der Waals surface area contributed by atoms with Crippen molar-refractivity contribution in [3.05, 3.63) is 0 Å². The van der Waals surface area contributed by atoms with E-state index >= 15 is 0 Å². The van der Waals surface area contributed by atoms with Crippen molar-refractivity contribution in [3.8, 4) is 0 Å². The Morgan fingerprint density at radius 3 is 2.65 bits per heavy atom. The fraction of sp³-hybridized carbons (Fsp3) is 1.00. The van der Waals surface area contributed by atoms with Crippen LogP contribution in [0.2, 0.25) is 0 Å². The Balaban J connectivity index is 1.73. The molecule has 1 aliphatic carbocycles. The molecule has 1 atom stereocenters. The second-order valence-electron chi connectivity index (χ2n) is 6.06. The summed E-state index contributed by atoms with van der Waals surface area (Å²) in [6, 6.07) is 0. The van der Waals surface area contributed by atoms with Crippen molar-refractivity contribution in [1.29, 1.82) is 0 Å². The zero-order valence-corrected chi connectivity index (χ0v) is 11.2. The first-order valence-corrected chi connectivity index (χ1v) is 7.17. The van der Waals surface area contributed by atoms with E-state index in [9.17, 15) is 5.11 Å². The van der Waals surface area contributed by atoms with Gasteiger partial charge in [0, 0.05) is 19.7 Å². The van der Waals surface area contributed by atoms with E-state index in [1.54, 1.807) is 0 Å². The van der Waals surface area contributed by atoms with Crippen LogP contribution in [0.25, 0.3) is 0 Å². The summed E-state index contributed by atoms with van der Waals surface area (Å²) in [5.74, 6) is 0.668. The van der Waals surface area contributed by atoms with Gasteiger partial charge in [0.05, 0.1) is 12.2 Å². The number of likely N-dealkylation sites (N-methyl/N-ethyl adjacent to an activating group) is 1. The molecule has 0 spiro atoms. The van der Waals surface area contributed by atoms with Gasteiger partial charge in [-0.05, 0) is 38.6 Å². The fourth-order valence-electron chi connectivity index (χ4n) is 3.33. The van der Waals surface area contributed by atoms with Crippen LogP contribution >= 0.6 is 0 Å². The van der Waals surface area contributed by atoms with Gasteiger partial charge < -0.3 is 14.7 Å². The van der Waals surface area contributed by atoms with Crippen LogP contribution in [0.3, 0.4) is 0 Å². The van der Waals surface area contributed by atoms with Crippen LogP contribution in [0.5, 0.6) is 0 Å². The van der Waals surface area contributed by atoms with E-state index in [0.717, 1.165) is 39.1 Å². The van der Waals surface area contributed by atoms with Crippen molar-refractivity contribution in [3.63, 3.8) is 0 Å². The van der Waals surface area contributed by atoms with Gasteiger partial charge >= 0.3 is 0 Å². The molecule has 100 valence electrons. The van der Waals surface area contributed by atoms with E-state index in [4.69, 9.17) is 4.74 Å². The van der Waals surface area contributed by atoms with Gasteiger partial charge in [-0.25, -0.2) is 0 Å². The number of ether oxygens (including phenoxy) is 1. The first-order chi connectivity index (χ1) is 8.18. The van der Waals surface area contributed by atoms with Crippen molar-refractivity contribution in [2.24, 2.45) is 5.92 Å². The van der Waals surface area contributed by atoms with Crippen molar-refractivity contribution in [1.82, 2.24) is 4.90 Å². The van der Waals surface area contributed by atoms with E-state index in [2.05, 4.69) is 11.9 Å². The Bertz CT molecular complexity index is 220. The summed E-state index contributed by atoms with van der Waals surface area (Å²) in [6.45, 7) is 3.75. The molecule has 0 aromatic heterocycles. The van der Waals surface area contributed by atoms with Gasteiger partial charge in [-0.15, -0.1) is 0 Å². The number of hydrogen-bond donors (Lipinski definition) is 1. The molecule has 0 amide bonds. The Kier molecular flexibility index (Phi) is 4.83. The predicted octanol–water partition coefficient (Wildman–Crippen LogP) is 2.04. The smallest absolute Gasteiger partial charge is 0.0774 e. The molecular formula is C14H27NO2. The van der Waals surface area contributed by atoms with Crippen LogP contribution in [0.4, 0.5) is 0 Å². The maximum atomic E-state index is 10.5. The average Bonchev–Trinajstić information content (AvgIpc) is 2.30. The van der Waals surface area contributed by atoms with E-state index < -0.39 is 5.60 Å². The molecule has 0 aromatic carbocycles. The third-order valence-corrected chi connectivity index (χ3v) is 4.17. The fourth-order valence-corrected chi connectivity index (χ4v) is 3.33. The van der Waals surface area contributed by atoms with Gasteiger partial charge in [0.15, 0.2) is 0 Å². The summed E-state index contributed by atoms with van der Waals surface area (Å²) in [6.07, 6.45) is 8.12. The molecule has 2 rings (SSSR count). The summed E-state index contributed by atoms with van der Waals surface area (Å²) in [5, 5.41) is 10.5. The third kappa shape index (κ3) is 4.23. The van der Waals surface area contributed by atoms with Gasteiger partial charge in [-0.1, -0.05) is 19.3 Å². The molecule has 2 aliphatic rings. The molecule has 1 unspecified atom stereocenters. The van der Waals surface area contributed by atoms with E-state index in [-0.39, 0.29) is 0 Å². The maximum Gasteiger partial charge on any atom is 0.0774 e. The zero-order valence-electron chi connectivity index (χ0n) is 11.2. The Morgan fingerprint density at radius 2 is 2.00 bits per heavy atom. The summed E-state index contributed by atoms with van der Waals surface area (Å²) >= 11 is 0. The van der Waals surface area contributed by atoms with Crippen molar-refractivity contribution in [2.45, 2.75) is 50.5 Å².